The van der Waals surface area contributed by atoms with Crippen molar-refractivity contribution in [3.63, 3.8) is 0 Å². The SMILES string of the molecule is COc1cc(/C=C\C(=O)N2CCCC2c2ccc3c(c2)OCCO3)c([N+](=O)[O-])cc1OC(F)F. The van der Waals surface area contributed by atoms with Crippen LogP contribution in [0.3, 0.4) is 0 Å². The Morgan fingerprint density at radius 3 is 2.68 bits per heavy atom. The van der Waals surface area contributed by atoms with Crippen molar-refractivity contribution in [3.05, 3.63) is 57.6 Å². The third-order valence-corrected chi connectivity index (χ3v) is 5.62. The monoisotopic (exact) mass is 476 g/mol. The van der Waals surface area contributed by atoms with E-state index in [1.165, 1.54) is 25.3 Å². The van der Waals surface area contributed by atoms with Crippen molar-refractivity contribution in [2.75, 3.05) is 26.9 Å². The predicted octanol–water partition coefficient (Wildman–Crippen LogP) is 4.35. The number of carbonyl (C=O) groups is 1. The Labute approximate surface area is 193 Å². The molecule has 0 spiro atoms. The van der Waals surface area contributed by atoms with E-state index in [9.17, 15) is 23.7 Å². The Morgan fingerprint density at radius 2 is 1.97 bits per heavy atom. The molecule has 9 nitrogen and oxygen atoms in total. The number of nitro groups is 1. The van der Waals surface area contributed by atoms with Gasteiger partial charge in [-0.05, 0) is 42.7 Å². The molecular weight excluding hydrogens is 454 g/mol. The fourth-order valence-corrected chi connectivity index (χ4v) is 4.11. The first-order chi connectivity index (χ1) is 16.4. The minimum atomic E-state index is -3.18. The molecule has 1 saturated heterocycles. The predicted molar refractivity (Wildman–Crippen MR) is 116 cm³/mol. The summed E-state index contributed by atoms with van der Waals surface area (Å²) < 4.78 is 45.8. The van der Waals surface area contributed by atoms with Crippen LogP contribution in [0.2, 0.25) is 0 Å². The van der Waals surface area contributed by atoms with Gasteiger partial charge in [0.2, 0.25) is 5.91 Å². The topological polar surface area (TPSA) is 100 Å². The number of halogens is 2. The first kappa shape index (κ1) is 23.3. The standard InChI is InChI=1S/C23H22F2N2O7/c1-31-19-11-15(17(27(29)30)13-21(19)34-23(24)25)5-7-22(28)26-8-2-3-16(26)14-4-6-18-20(12-14)33-10-9-32-18/h4-7,11-13,16,23H,2-3,8-10H2,1H3/b7-5-. The van der Waals surface area contributed by atoms with Gasteiger partial charge in [-0.2, -0.15) is 8.78 Å². The normalized spacial score (nSPS) is 17.3. The molecule has 2 heterocycles. The van der Waals surface area contributed by atoms with E-state index in [-0.39, 0.29) is 23.3 Å². The summed E-state index contributed by atoms with van der Waals surface area (Å²) in [6.07, 6.45) is 4.05. The van der Waals surface area contributed by atoms with Gasteiger partial charge in [-0.15, -0.1) is 0 Å². The summed E-state index contributed by atoms with van der Waals surface area (Å²) in [6, 6.07) is 7.43. The molecule has 1 unspecified atom stereocenters. The van der Waals surface area contributed by atoms with Crippen LogP contribution in [0.25, 0.3) is 6.08 Å². The maximum Gasteiger partial charge on any atom is 0.387 e. The maximum atomic E-state index is 13.0. The second-order valence-corrected chi connectivity index (χ2v) is 7.62. The largest absolute Gasteiger partial charge is 0.493 e. The molecule has 1 atom stereocenters. The molecule has 2 aromatic carbocycles. The molecule has 1 fully saturated rings. The van der Waals surface area contributed by atoms with Crippen LogP contribution in [-0.2, 0) is 4.79 Å². The molecule has 11 heteroatoms. The van der Waals surface area contributed by atoms with Crippen molar-refractivity contribution < 1.29 is 37.4 Å². The van der Waals surface area contributed by atoms with Gasteiger partial charge in [0.05, 0.1) is 29.7 Å². The summed E-state index contributed by atoms with van der Waals surface area (Å²) in [6.45, 7) is -1.72. The summed E-state index contributed by atoms with van der Waals surface area (Å²) in [4.78, 5) is 25.4. The number of amides is 1. The van der Waals surface area contributed by atoms with Gasteiger partial charge in [0, 0.05) is 12.6 Å². The molecule has 0 aliphatic carbocycles. The molecule has 0 aromatic heterocycles. The van der Waals surface area contributed by atoms with Crippen LogP contribution in [0.1, 0.15) is 30.0 Å². The smallest absolute Gasteiger partial charge is 0.387 e. The molecule has 2 aromatic rings. The number of carbonyl (C=O) groups excluding carboxylic acids is 1. The lowest BCUT2D eigenvalue weighted by atomic mass is 10.0. The minimum Gasteiger partial charge on any atom is -0.493 e. The quantitative estimate of drug-likeness (QED) is 0.333. The van der Waals surface area contributed by atoms with E-state index in [1.54, 1.807) is 4.90 Å². The number of hydrogen-bond donors (Lipinski definition) is 0. The maximum absolute atomic E-state index is 13.0. The Hall–Kier alpha value is -3.89. The molecule has 0 radical (unpaired) electrons. The summed E-state index contributed by atoms with van der Waals surface area (Å²) in [5, 5.41) is 11.5. The Morgan fingerprint density at radius 1 is 1.21 bits per heavy atom. The zero-order valence-electron chi connectivity index (χ0n) is 18.2. The van der Waals surface area contributed by atoms with Gasteiger partial charge in [0.15, 0.2) is 23.0 Å². The van der Waals surface area contributed by atoms with Crippen LogP contribution in [0.15, 0.2) is 36.4 Å². The number of methoxy groups -OCH3 is 1. The zero-order chi connectivity index (χ0) is 24.2. The van der Waals surface area contributed by atoms with Crippen LogP contribution in [-0.4, -0.2) is 49.2 Å². The van der Waals surface area contributed by atoms with Crippen molar-refractivity contribution in [3.8, 4) is 23.0 Å². The third kappa shape index (κ3) is 4.87. The van der Waals surface area contributed by atoms with Crippen molar-refractivity contribution in [2.24, 2.45) is 0 Å². The second kappa shape index (κ2) is 9.94. The third-order valence-electron chi connectivity index (χ3n) is 5.62. The molecule has 4 rings (SSSR count). The van der Waals surface area contributed by atoms with Crippen LogP contribution in [0.5, 0.6) is 23.0 Å². The van der Waals surface area contributed by atoms with Crippen LogP contribution >= 0.6 is 0 Å². The number of nitro benzene ring substituents is 1. The molecule has 1 amide bonds. The highest BCUT2D eigenvalue weighted by Gasteiger charge is 2.30. The highest BCUT2D eigenvalue weighted by Crippen LogP contribution is 2.39. The highest BCUT2D eigenvalue weighted by atomic mass is 19.3. The number of likely N-dealkylation sites (tertiary alicyclic amines) is 1. The lowest BCUT2D eigenvalue weighted by Crippen LogP contribution is -2.29. The van der Waals surface area contributed by atoms with E-state index < -0.39 is 23.0 Å². The number of rotatable bonds is 7. The molecule has 180 valence electrons. The number of hydrogen-bond acceptors (Lipinski definition) is 7. The number of fused-ring (bicyclic) bond motifs is 1. The summed E-state index contributed by atoms with van der Waals surface area (Å²) in [5.41, 5.74) is 0.432. The average molecular weight is 476 g/mol. The Bertz CT molecular complexity index is 1120. The summed E-state index contributed by atoms with van der Waals surface area (Å²) >= 11 is 0. The van der Waals surface area contributed by atoms with Gasteiger partial charge in [-0.1, -0.05) is 6.07 Å². The van der Waals surface area contributed by atoms with Crippen molar-refractivity contribution in [1.29, 1.82) is 0 Å². The van der Waals surface area contributed by atoms with Crippen LogP contribution < -0.4 is 18.9 Å². The van der Waals surface area contributed by atoms with E-state index in [4.69, 9.17) is 14.2 Å². The number of alkyl halides is 2. The molecule has 2 aliphatic rings. The van der Waals surface area contributed by atoms with Crippen molar-refractivity contribution >= 4 is 17.7 Å². The van der Waals surface area contributed by atoms with E-state index in [2.05, 4.69) is 4.74 Å². The Balaban J connectivity index is 1.57. The first-order valence-corrected chi connectivity index (χ1v) is 10.6. The zero-order valence-corrected chi connectivity index (χ0v) is 18.2. The summed E-state index contributed by atoms with van der Waals surface area (Å²) in [5.74, 6) is 0.372. The first-order valence-electron chi connectivity index (χ1n) is 10.6. The average Bonchev–Trinajstić information content (AvgIpc) is 3.32. The van der Waals surface area contributed by atoms with Crippen LogP contribution in [0.4, 0.5) is 14.5 Å². The molecule has 34 heavy (non-hydrogen) atoms. The van der Waals surface area contributed by atoms with Gasteiger partial charge in [-0.25, -0.2) is 0 Å². The molecule has 0 N–H and O–H groups in total. The number of nitrogens with zero attached hydrogens (tertiary/aromatic N) is 2. The highest BCUT2D eigenvalue weighted by molar-refractivity contribution is 5.93. The van der Waals surface area contributed by atoms with Crippen molar-refractivity contribution in [2.45, 2.75) is 25.5 Å². The van der Waals surface area contributed by atoms with E-state index >= 15 is 0 Å². The number of ether oxygens (including phenoxy) is 4. The van der Waals surface area contributed by atoms with Gasteiger partial charge in [-0.3, -0.25) is 14.9 Å². The summed E-state index contributed by atoms with van der Waals surface area (Å²) in [7, 11) is 1.22. The Kier molecular flexibility index (Phi) is 6.80. The second-order valence-electron chi connectivity index (χ2n) is 7.62. The lowest BCUT2D eigenvalue weighted by molar-refractivity contribution is -0.385. The minimum absolute atomic E-state index is 0.0203. The van der Waals surface area contributed by atoms with Gasteiger partial charge in [0.1, 0.15) is 13.2 Å². The lowest BCUT2D eigenvalue weighted by Gasteiger charge is -2.26. The molecule has 2 aliphatic heterocycles. The van der Waals surface area contributed by atoms with E-state index in [0.717, 1.165) is 24.5 Å². The fourth-order valence-electron chi connectivity index (χ4n) is 4.11. The van der Waals surface area contributed by atoms with E-state index in [1.807, 2.05) is 18.2 Å². The van der Waals surface area contributed by atoms with Crippen LogP contribution in [0, 0.1) is 10.1 Å². The van der Waals surface area contributed by atoms with Gasteiger partial charge < -0.3 is 23.8 Å². The molecule has 0 saturated carbocycles. The van der Waals surface area contributed by atoms with Gasteiger partial charge in [0.25, 0.3) is 5.69 Å². The van der Waals surface area contributed by atoms with E-state index in [0.29, 0.717) is 31.3 Å². The fraction of sp³-hybridized carbons (Fsp3) is 0.348. The molecular formula is C23H22F2N2O7. The number of benzene rings is 2. The van der Waals surface area contributed by atoms with Gasteiger partial charge >= 0.3 is 6.61 Å². The molecule has 0 bridgehead atoms. The van der Waals surface area contributed by atoms with Crippen molar-refractivity contribution in [1.82, 2.24) is 4.90 Å².